The largest absolute Gasteiger partial charge is 0.454 e. The molecule has 0 bridgehead atoms. The SMILES string of the molecule is CCCCB(O)OC1[C@H](OB(O)CCCC)[C@H](O)C(O)[C@@H](O)[C@H]1OB(O)CCCC. The highest BCUT2D eigenvalue weighted by Crippen LogP contribution is 2.30. The van der Waals surface area contributed by atoms with Crippen molar-refractivity contribution in [2.45, 2.75) is 115 Å². The van der Waals surface area contributed by atoms with E-state index in [9.17, 15) is 30.4 Å². The van der Waals surface area contributed by atoms with E-state index in [1.807, 2.05) is 20.8 Å². The number of aliphatic hydroxyl groups excluding tert-OH is 3. The van der Waals surface area contributed by atoms with E-state index in [0.717, 1.165) is 19.3 Å². The van der Waals surface area contributed by atoms with E-state index in [2.05, 4.69) is 0 Å². The lowest BCUT2D eigenvalue weighted by Gasteiger charge is -2.47. The minimum atomic E-state index is -1.63. The highest BCUT2D eigenvalue weighted by molar-refractivity contribution is 6.43. The molecule has 0 unspecified atom stereocenters. The predicted molar refractivity (Wildman–Crippen MR) is 116 cm³/mol. The molecule has 12 heteroatoms. The zero-order valence-electron chi connectivity index (χ0n) is 18.5. The van der Waals surface area contributed by atoms with Gasteiger partial charge in [0.15, 0.2) is 0 Å². The molecule has 0 aromatic heterocycles. The number of rotatable bonds is 15. The summed E-state index contributed by atoms with van der Waals surface area (Å²) in [7, 11) is -3.67. The lowest BCUT2D eigenvalue weighted by molar-refractivity contribution is -0.213. The zero-order chi connectivity index (χ0) is 22.7. The summed E-state index contributed by atoms with van der Waals surface area (Å²) in [5, 5.41) is 62.0. The van der Waals surface area contributed by atoms with E-state index < -0.39 is 58.0 Å². The third kappa shape index (κ3) is 8.76. The molecule has 1 rings (SSSR count). The molecule has 4 atom stereocenters. The molecular weight excluding hydrogens is 393 g/mol. The first-order valence-corrected chi connectivity index (χ1v) is 11.3. The first kappa shape index (κ1) is 27.9. The molecule has 1 fully saturated rings. The average molecular weight is 432 g/mol. The predicted octanol–water partition coefficient (Wildman–Crippen LogP) is 0.0801. The maximum absolute atomic E-state index is 10.5. The lowest BCUT2D eigenvalue weighted by atomic mass is 9.75. The summed E-state index contributed by atoms with van der Waals surface area (Å²) in [6.07, 6.45) is -3.02. The quantitative estimate of drug-likeness (QED) is 0.198. The van der Waals surface area contributed by atoms with E-state index in [-0.39, 0.29) is 0 Å². The molecule has 0 aromatic carbocycles. The van der Waals surface area contributed by atoms with E-state index >= 15 is 0 Å². The van der Waals surface area contributed by atoms with Gasteiger partial charge in [0, 0.05) is 0 Å². The van der Waals surface area contributed by atoms with Crippen LogP contribution in [0.4, 0.5) is 0 Å². The molecule has 1 aliphatic rings. The van der Waals surface area contributed by atoms with Crippen LogP contribution >= 0.6 is 0 Å². The summed E-state index contributed by atoms with van der Waals surface area (Å²) < 4.78 is 16.8. The first-order chi connectivity index (χ1) is 14.3. The second-order valence-corrected chi connectivity index (χ2v) is 8.06. The third-order valence-corrected chi connectivity index (χ3v) is 5.38. The van der Waals surface area contributed by atoms with Crippen LogP contribution in [-0.4, -0.2) is 88.4 Å². The fraction of sp³-hybridized carbons (Fsp3) is 1.00. The third-order valence-electron chi connectivity index (χ3n) is 5.38. The zero-order valence-corrected chi connectivity index (χ0v) is 18.5. The fourth-order valence-electron chi connectivity index (χ4n) is 3.52. The first-order valence-electron chi connectivity index (χ1n) is 11.3. The minimum Gasteiger partial charge on any atom is -0.427 e. The number of unbranched alkanes of at least 4 members (excludes halogenated alkanes) is 3. The minimum absolute atomic E-state index is 0.314. The van der Waals surface area contributed by atoms with Gasteiger partial charge in [-0.25, -0.2) is 0 Å². The van der Waals surface area contributed by atoms with Crippen molar-refractivity contribution >= 4 is 21.4 Å². The highest BCUT2D eigenvalue weighted by Gasteiger charge is 2.53. The van der Waals surface area contributed by atoms with Gasteiger partial charge in [-0.1, -0.05) is 59.3 Å². The maximum Gasteiger partial charge on any atom is 0.454 e. The van der Waals surface area contributed by atoms with Crippen LogP contribution in [0.25, 0.3) is 0 Å². The molecule has 0 amide bonds. The van der Waals surface area contributed by atoms with Gasteiger partial charge in [-0.05, 0) is 19.0 Å². The van der Waals surface area contributed by atoms with Gasteiger partial charge < -0.3 is 44.4 Å². The number of aliphatic hydroxyl groups is 3. The summed E-state index contributed by atoms with van der Waals surface area (Å²) in [5.41, 5.74) is 0. The number of hydrogen-bond acceptors (Lipinski definition) is 9. The van der Waals surface area contributed by atoms with Crippen molar-refractivity contribution in [3.8, 4) is 0 Å². The van der Waals surface area contributed by atoms with Crippen molar-refractivity contribution in [1.82, 2.24) is 0 Å². The fourth-order valence-corrected chi connectivity index (χ4v) is 3.52. The summed E-state index contributed by atoms with van der Waals surface area (Å²) in [4.78, 5) is 0. The molecule has 0 aromatic rings. The monoisotopic (exact) mass is 432 g/mol. The van der Waals surface area contributed by atoms with Gasteiger partial charge in [0.1, 0.15) is 18.3 Å². The molecule has 0 aliphatic heterocycles. The second kappa shape index (κ2) is 14.8. The van der Waals surface area contributed by atoms with Gasteiger partial charge >= 0.3 is 21.4 Å². The Morgan fingerprint density at radius 3 is 1.13 bits per heavy atom. The van der Waals surface area contributed by atoms with Gasteiger partial charge in [0.25, 0.3) is 0 Å². The van der Waals surface area contributed by atoms with Crippen LogP contribution in [-0.2, 0) is 14.0 Å². The maximum atomic E-state index is 10.5. The van der Waals surface area contributed by atoms with E-state index in [1.54, 1.807) is 0 Å². The topological polar surface area (TPSA) is 149 Å². The highest BCUT2D eigenvalue weighted by atomic mass is 16.6. The van der Waals surface area contributed by atoms with Crippen molar-refractivity contribution < 1.29 is 44.4 Å². The van der Waals surface area contributed by atoms with Gasteiger partial charge in [-0.3, -0.25) is 0 Å². The smallest absolute Gasteiger partial charge is 0.427 e. The summed E-state index contributed by atoms with van der Waals surface area (Å²) in [6.45, 7) is 5.88. The van der Waals surface area contributed by atoms with Gasteiger partial charge in [-0.2, -0.15) is 0 Å². The molecular formula is C18H39B3O9. The Morgan fingerprint density at radius 2 is 0.833 bits per heavy atom. The van der Waals surface area contributed by atoms with Crippen LogP contribution in [0.5, 0.6) is 0 Å². The van der Waals surface area contributed by atoms with Gasteiger partial charge in [0.2, 0.25) is 0 Å². The van der Waals surface area contributed by atoms with Crippen molar-refractivity contribution in [1.29, 1.82) is 0 Å². The van der Waals surface area contributed by atoms with E-state index in [0.29, 0.717) is 38.2 Å². The average Bonchev–Trinajstić information content (AvgIpc) is 2.73. The van der Waals surface area contributed by atoms with E-state index in [4.69, 9.17) is 14.0 Å². The van der Waals surface area contributed by atoms with Crippen LogP contribution in [0.2, 0.25) is 19.0 Å². The Kier molecular flexibility index (Phi) is 13.8. The summed E-state index contributed by atoms with van der Waals surface area (Å²) in [5.74, 6) is 0. The number of hydrogen-bond donors (Lipinski definition) is 6. The normalized spacial score (nSPS) is 29.1. The lowest BCUT2D eigenvalue weighted by Crippen LogP contribution is -2.67. The van der Waals surface area contributed by atoms with Crippen LogP contribution in [0.3, 0.4) is 0 Å². The molecule has 6 N–H and O–H groups in total. The Hall–Kier alpha value is -0.165. The Morgan fingerprint density at radius 1 is 0.533 bits per heavy atom. The molecule has 0 heterocycles. The summed E-state index contributed by atoms with van der Waals surface area (Å²) >= 11 is 0. The Balaban J connectivity index is 3.05. The van der Waals surface area contributed by atoms with Crippen molar-refractivity contribution in [2.24, 2.45) is 0 Å². The summed E-state index contributed by atoms with van der Waals surface area (Å²) in [6, 6.07) is 0. The molecule has 0 saturated heterocycles. The van der Waals surface area contributed by atoms with Crippen molar-refractivity contribution in [3.05, 3.63) is 0 Å². The van der Waals surface area contributed by atoms with Crippen LogP contribution in [0.1, 0.15) is 59.3 Å². The molecule has 174 valence electrons. The van der Waals surface area contributed by atoms with Crippen molar-refractivity contribution in [2.75, 3.05) is 0 Å². The van der Waals surface area contributed by atoms with E-state index in [1.165, 1.54) is 0 Å². The van der Waals surface area contributed by atoms with Gasteiger partial charge in [-0.15, -0.1) is 0 Å². The van der Waals surface area contributed by atoms with Crippen LogP contribution in [0, 0.1) is 0 Å². The van der Waals surface area contributed by atoms with Crippen LogP contribution < -0.4 is 0 Å². The van der Waals surface area contributed by atoms with Gasteiger partial charge in [0.05, 0.1) is 18.3 Å². The Labute approximate surface area is 181 Å². The Bertz CT molecular complexity index is 421. The second-order valence-electron chi connectivity index (χ2n) is 8.06. The van der Waals surface area contributed by atoms with Crippen molar-refractivity contribution in [3.63, 3.8) is 0 Å². The molecule has 9 nitrogen and oxygen atoms in total. The molecule has 1 aliphatic carbocycles. The molecule has 1 saturated carbocycles. The van der Waals surface area contributed by atoms with Crippen LogP contribution in [0.15, 0.2) is 0 Å². The standard InChI is InChI=1S/C18H39B3O9/c1-4-7-10-19(25)28-16-14(23)13(22)15(24)17(29-20(26)11-8-5-2)18(16)30-21(27)12-9-6-3/h13-18,22-27H,4-12H2,1-3H3/t13?,14-,15-,16-,17-,18?/m1/s1. The molecule has 0 radical (unpaired) electrons. The molecule has 0 spiro atoms. The molecule has 30 heavy (non-hydrogen) atoms.